The molecule has 0 spiro atoms. The second-order valence-electron chi connectivity index (χ2n) is 4.76. The van der Waals surface area contributed by atoms with Gasteiger partial charge in [-0.15, -0.1) is 0 Å². The van der Waals surface area contributed by atoms with Crippen LogP contribution in [0, 0.1) is 11.8 Å². The minimum atomic E-state index is -0.446. The van der Waals surface area contributed by atoms with Gasteiger partial charge in [0, 0.05) is 0 Å². The van der Waals surface area contributed by atoms with Crippen LogP contribution in [0.5, 0.6) is 0 Å². The van der Waals surface area contributed by atoms with Crippen LogP contribution in [0.15, 0.2) is 0 Å². The quantitative estimate of drug-likeness (QED) is 0.624. The SMILES string of the molecule is CC(C)CCC(N)(N)CC(C)C. The summed E-state index contributed by atoms with van der Waals surface area (Å²) in [5.74, 6) is 1.29. The van der Waals surface area contributed by atoms with E-state index < -0.39 is 5.66 Å². The van der Waals surface area contributed by atoms with Crippen molar-refractivity contribution in [3.8, 4) is 0 Å². The highest BCUT2D eigenvalue weighted by Crippen LogP contribution is 2.17. The lowest BCUT2D eigenvalue weighted by molar-refractivity contribution is 0.306. The zero-order valence-electron chi connectivity index (χ0n) is 8.93. The van der Waals surface area contributed by atoms with E-state index in [9.17, 15) is 0 Å². The van der Waals surface area contributed by atoms with E-state index in [1.54, 1.807) is 0 Å². The topological polar surface area (TPSA) is 52.0 Å². The van der Waals surface area contributed by atoms with Crippen molar-refractivity contribution in [1.82, 2.24) is 0 Å². The zero-order chi connectivity index (χ0) is 9.78. The highest BCUT2D eigenvalue weighted by molar-refractivity contribution is 4.78. The monoisotopic (exact) mass is 172 g/mol. The highest BCUT2D eigenvalue weighted by atomic mass is 14.9. The van der Waals surface area contributed by atoms with Gasteiger partial charge in [0.2, 0.25) is 0 Å². The first-order chi connectivity index (χ1) is 5.33. The molecule has 2 heteroatoms. The van der Waals surface area contributed by atoms with Crippen LogP contribution in [-0.2, 0) is 0 Å². The van der Waals surface area contributed by atoms with Crippen molar-refractivity contribution in [2.45, 2.75) is 52.6 Å². The summed E-state index contributed by atoms with van der Waals surface area (Å²) in [4.78, 5) is 0. The van der Waals surface area contributed by atoms with Crippen molar-refractivity contribution in [2.24, 2.45) is 23.3 Å². The molecule has 0 aliphatic heterocycles. The third-order valence-corrected chi connectivity index (χ3v) is 1.98. The van der Waals surface area contributed by atoms with Gasteiger partial charge in [-0.1, -0.05) is 27.7 Å². The van der Waals surface area contributed by atoms with Crippen LogP contribution in [0.1, 0.15) is 47.0 Å². The number of hydrogen-bond donors (Lipinski definition) is 2. The van der Waals surface area contributed by atoms with E-state index in [4.69, 9.17) is 11.5 Å². The van der Waals surface area contributed by atoms with Crippen molar-refractivity contribution in [2.75, 3.05) is 0 Å². The summed E-state index contributed by atoms with van der Waals surface area (Å²) in [6, 6.07) is 0. The maximum Gasteiger partial charge on any atom is 0.0639 e. The molecule has 12 heavy (non-hydrogen) atoms. The fraction of sp³-hybridized carbons (Fsp3) is 1.00. The van der Waals surface area contributed by atoms with Crippen LogP contribution in [0.3, 0.4) is 0 Å². The van der Waals surface area contributed by atoms with Crippen LogP contribution in [0.25, 0.3) is 0 Å². The first-order valence-corrected chi connectivity index (χ1v) is 4.91. The van der Waals surface area contributed by atoms with Gasteiger partial charge in [-0.3, -0.25) is 0 Å². The third kappa shape index (κ3) is 6.62. The van der Waals surface area contributed by atoms with Crippen molar-refractivity contribution < 1.29 is 0 Å². The Labute approximate surface area is 76.7 Å². The highest BCUT2D eigenvalue weighted by Gasteiger charge is 2.20. The van der Waals surface area contributed by atoms with E-state index in [0.29, 0.717) is 11.8 Å². The largest absolute Gasteiger partial charge is 0.313 e. The van der Waals surface area contributed by atoms with Gasteiger partial charge in [-0.2, -0.15) is 0 Å². The molecule has 0 heterocycles. The molecule has 0 fully saturated rings. The fourth-order valence-electron chi connectivity index (χ4n) is 1.42. The summed E-state index contributed by atoms with van der Waals surface area (Å²) in [6.07, 6.45) is 2.97. The molecule has 0 aromatic carbocycles. The average molecular weight is 172 g/mol. The molecule has 0 atom stereocenters. The second kappa shape index (κ2) is 4.83. The van der Waals surface area contributed by atoms with E-state index in [1.165, 1.54) is 0 Å². The van der Waals surface area contributed by atoms with Crippen LogP contribution in [-0.4, -0.2) is 5.66 Å². The van der Waals surface area contributed by atoms with Gasteiger partial charge in [0.15, 0.2) is 0 Å². The second-order valence-corrected chi connectivity index (χ2v) is 4.76. The molecule has 0 aromatic heterocycles. The molecule has 0 aliphatic rings. The normalized spacial score (nSPS) is 13.0. The molecule has 0 aliphatic carbocycles. The van der Waals surface area contributed by atoms with Gasteiger partial charge in [0.25, 0.3) is 0 Å². The molecule has 0 radical (unpaired) electrons. The lowest BCUT2D eigenvalue weighted by Gasteiger charge is -2.27. The predicted molar refractivity (Wildman–Crippen MR) is 54.6 cm³/mol. The molecule has 0 unspecified atom stereocenters. The zero-order valence-corrected chi connectivity index (χ0v) is 8.93. The lowest BCUT2D eigenvalue weighted by atomic mass is 9.92. The maximum absolute atomic E-state index is 5.94. The molecular formula is C10H24N2. The molecular weight excluding hydrogens is 148 g/mol. The first-order valence-electron chi connectivity index (χ1n) is 4.91. The van der Waals surface area contributed by atoms with Gasteiger partial charge in [-0.25, -0.2) is 0 Å². The van der Waals surface area contributed by atoms with Crippen LogP contribution in [0.2, 0.25) is 0 Å². The number of nitrogens with two attached hydrogens (primary N) is 2. The minimum absolute atomic E-state index is 0.446. The summed E-state index contributed by atoms with van der Waals surface area (Å²) in [7, 11) is 0. The van der Waals surface area contributed by atoms with Crippen molar-refractivity contribution >= 4 is 0 Å². The molecule has 0 saturated carbocycles. The Morgan fingerprint density at radius 1 is 1.00 bits per heavy atom. The Hall–Kier alpha value is -0.0800. The van der Waals surface area contributed by atoms with E-state index >= 15 is 0 Å². The molecule has 2 nitrogen and oxygen atoms in total. The summed E-state index contributed by atoms with van der Waals surface area (Å²) in [6.45, 7) is 8.71. The average Bonchev–Trinajstić information content (AvgIpc) is 1.81. The van der Waals surface area contributed by atoms with Gasteiger partial charge < -0.3 is 11.5 Å². The Morgan fingerprint density at radius 3 is 1.83 bits per heavy atom. The van der Waals surface area contributed by atoms with E-state index in [1.807, 2.05) is 0 Å². The molecule has 74 valence electrons. The van der Waals surface area contributed by atoms with E-state index in [-0.39, 0.29) is 0 Å². The van der Waals surface area contributed by atoms with Crippen molar-refractivity contribution in [3.05, 3.63) is 0 Å². The molecule has 4 N–H and O–H groups in total. The van der Waals surface area contributed by atoms with E-state index in [2.05, 4.69) is 27.7 Å². The number of rotatable bonds is 5. The summed E-state index contributed by atoms with van der Waals surface area (Å²) < 4.78 is 0. The van der Waals surface area contributed by atoms with Gasteiger partial charge in [-0.05, 0) is 31.1 Å². The van der Waals surface area contributed by atoms with Crippen LogP contribution < -0.4 is 11.5 Å². The molecule has 0 amide bonds. The Balaban J connectivity index is 3.71. The van der Waals surface area contributed by atoms with Crippen molar-refractivity contribution in [1.29, 1.82) is 0 Å². The number of hydrogen-bond acceptors (Lipinski definition) is 2. The molecule has 0 rings (SSSR count). The van der Waals surface area contributed by atoms with E-state index in [0.717, 1.165) is 19.3 Å². The third-order valence-electron chi connectivity index (χ3n) is 1.98. The Bertz CT molecular complexity index is 117. The lowest BCUT2D eigenvalue weighted by Crippen LogP contribution is -2.50. The van der Waals surface area contributed by atoms with Gasteiger partial charge in [0.05, 0.1) is 5.66 Å². The molecule has 0 aromatic rings. The van der Waals surface area contributed by atoms with Crippen LogP contribution >= 0.6 is 0 Å². The van der Waals surface area contributed by atoms with Gasteiger partial charge in [0.1, 0.15) is 0 Å². The van der Waals surface area contributed by atoms with Crippen LogP contribution in [0.4, 0.5) is 0 Å². The molecule has 0 saturated heterocycles. The fourth-order valence-corrected chi connectivity index (χ4v) is 1.42. The summed E-state index contributed by atoms with van der Waals surface area (Å²) in [5.41, 5.74) is 11.4. The standard InChI is InChI=1S/C10H24N2/c1-8(2)5-6-10(11,12)7-9(3)4/h8-9H,5-7,11-12H2,1-4H3. The Kier molecular flexibility index (Phi) is 4.80. The minimum Gasteiger partial charge on any atom is -0.313 e. The van der Waals surface area contributed by atoms with Gasteiger partial charge >= 0.3 is 0 Å². The first kappa shape index (κ1) is 11.9. The predicted octanol–water partition coefficient (Wildman–Crippen LogP) is 2.08. The summed E-state index contributed by atoms with van der Waals surface area (Å²) >= 11 is 0. The molecule has 0 bridgehead atoms. The maximum atomic E-state index is 5.94. The smallest absolute Gasteiger partial charge is 0.0639 e. The van der Waals surface area contributed by atoms with Crippen molar-refractivity contribution in [3.63, 3.8) is 0 Å². The Morgan fingerprint density at radius 2 is 1.50 bits per heavy atom. The summed E-state index contributed by atoms with van der Waals surface area (Å²) in [5, 5.41) is 0.